The van der Waals surface area contributed by atoms with Crippen molar-refractivity contribution in [3.8, 4) is 0 Å². The van der Waals surface area contributed by atoms with Crippen LogP contribution in [0.15, 0.2) is 53.0 Å². The smallest absolute Gasteiger partial charge is 0.306 e. The van der Waals surface area contributed by atoms with Crippen molar-refractivity contribution in [3.05, 3.63) is 69.7 Å². The molecule has 0 aliphatic heterocycles. The van der Waals surface area contributed by atoms with Crippen molar-refractivity contribution in [2.45, 2.75) is 26.2 Å². The van der Waals surface area contributed by atoms with Crippen LogP contribution in [0, 0.1) is 0 Å². The fourth-order valence-corrected chi connectivity index (χ4v) is 2.72. The summed E-state index contributed by atoms with van der Waals surface area (Å²) in [7, 11) is 0. The first kappa shape index (κ1) is 17.4. The van der Waals surface area contributed by atoms with E-state index in [1.807, 2.05) is 48.5 Å². The Morgan fingerprint density at radius 2 is 1.78 bits per heavy atom. The summed E-state index contributed by atoms with van der Waals surface area (Å²) in [5.41, 5.74) is 2.69. The largest absolute Gasteiger partial charge is 0.466 e. The highest BCUT2D eigenvalue weighted by atomic mass is 79.9. The molecule has 0 aliphatic rings. The molecule has 0 heterocycles. The van der Waals surface area contributed by atoms with E-state index in [2.05, 4.69) is 15.9 Å². The maximum Gasteiger partial charge on any atom is 0.306 e. The maximum absolute atomic E-state index is 12.3. The van der Waals surface area contributed by atoms with Gasteiger partial charge in [-0.25, -0.2) is 0 Å². The van der Waals surface area contributed by atoms with Crippen LogP contribution in [-0.2, 0) is 22.4 Å². The van der Waals surface area contributed by atoms with Crippen molar-refractivity contribution in [1.82, 2.24) is 0 Å². The average molecular weight is 375 g/mol. The minimum Gasteiger partial charge on any atom is -0.466 e. The number of carbonyl (C=O) groups is 2. The summed E-state index contributed by atoms with van der Waals surface area (Å²) in [5, 5.41) is 0. The second-order valence-corrected chi connectivity index (χ2v) is 6.15. The molecule has 0 fully saturated rings. The molecule has 0 unspecified atom stereocenters. The van der Waals surface area contributed by atoms with Gasteiger partial charge in [-0.3, -0.25) is 9.59 Å². The van der Waals surface area contributed by atoms with E-state index in [0.29, 0.717) is 31.4 Å². The molecule has 0 spiro atoms. The Kier molecular flexibility index (Phi) is 6.53. The third-order valence-corrected chi connectivity index (χ3v) is 3.95. The summed E-state index contributed by atoms with van der Waals surface area (Å²) in [6, 6.07) is 15.2. The van der Waals surface area contributed by atoms with Gasteiger partial charge in [-0.15, -0.1) is 0 Å². The summed E-state index contributed by atoms with van der Waals surface area (Å²) in [6.45, 7) is 2.20. The molecule has 0 saturated heterocycles. The predicted molar refractivity (Wildman–Crippen MR) is 93.6 cm³/mol. The maximum atomic E-state index is 12.3. The Hall–Kier alpha value is -1.94. The summed E-state index contributed by atoms with van der Waals surface area (Å²) in [4.78, 5) is 23.6. The molecule has 0 aliphatic carbocycles. The normalized spacial score (nSPS) is 10.3. The van der Waals surface area contributed by atoms with E-state index in [-0.39, 0.29) is 11.8 Å². The fourth-order valence-electron chi connectivity index (χ4n) is 2.27. The topological polar surface area (TPSA) is 43.4 Å². The summed E-state index contributed by atoms with van der Waals surface area (Å²) in [6.07, 6.45) is 1.36. The highest BCUT2D eigenvalue weighted by Gasteiger charge is 2.08. The molecule has 0 aromatic heterocycles. The number of rotatable bonds is 7. The van der Waals surface area contributed by atoms with Gasteiger partial charge in [0.25, 0.3) is 0 Å². The number of ether oxygens (including phenoxy) is 1. The Bertz CT molecular complexity index is 677. The number of aryl methyl sites for hydroxylation is 1. The fraction of sp³-hybridized carbons (Fsp3) is 0.263. The SMILES string of the molecule is CCOC(=O)CCc1ccc(C(=O)Cc2cccc(Br)c2)cc1. The van der Waals surface area contributed by atoms with E-state index in [9.17, 15) is 9.59 Å². The highest BCUT2D eigenvalue weighted by molar-refractivity contribution is 9.10. The zero-order chi connectivity index (χ0) is 16.7. The zero-order valence-electron chi connectivity index (χ0n) is 13.0. The van der Waals surface area contributed by atoms with Gasteiger partial charge in [0.1, 0.15) is 0 Å². The van der Waals surface area contributed by atoms with Gasteiger partial charge >= 0.3 is 5.97 Å². The molecule has 0 bridgehead atoms. The van der Waals surface area contributed by atoms with E-state index in [0.717, 1.165) is 15.6 Å². The number of Topliss-reactive ketones (excluding diaryl/α,β-unsaturated/α-hetero) is 1. The van der Waals surface area contributed by atoms with Crippen molar-refractivity contribution in [2.75, 3.05) is 6.61 Å². The lowest BCUT2D eigenvalue weighted by atomic mass is 10.0. The quantitative estimate of drug-likeness (QED) is 0.533. The lowest BCUT2D eigenvalue weighted by Gasteiger charge is -2.05. The molecule has 0 amide bonds. The third kappa shape index (κ3) is 5.64. The number of esters is 1. The van der Waals surface area contributed by atoms with Gasteiger partial charge < -0.3 is 4.74 Å². The monoisotopic (exact) mass is 374 g/mol. The van der Waals surface area contributed by atoms with Crippen LogP contribution in [0.2, 0.25) is 0 Å². The lowest BCUT2D eigenvalue weighted by molar-refractivity contribution is -0.143. The first-order valence-electron chi connectivity index (χ1n) is 7.60. The van der Waals surface area contributed by atoms with Gasteiger partial charge in [-0.05, 0) is 36.6 Å². The Morgan fingerprint density at radius 1 is 1.04 bits per heavy atom. The van der Waals surface area contributed by atoms with Gasteiger partial charge in [0.05, 0.1) is 6.61 Å². The summed E-state index contributed by atoms with van der Waals surface area (Å²) in [5.74, 6) is -0.109. The van der Waals surface area contributed by atoms with E-state index < -0.39 is 0 Å². The summed E-state index contributed by atoms with van der Waals surface area (Å²) < 4.78 is 5.87. The lowest BCUT2D eigenvalue weighted by Crippen LogP contribution is -2.06. The molecule has 0 N–H and O–H groups in total. The Labute approximate surface area is 144 Å². The van der Waals surface area contributed by atoms with E-state index in [1.54, 1.807) is 6.92 Å². The Morgan fingerprint density at radius 3 is 2.43 bits per heavy atom. The van der Waals surface area contributed by atoms with Crippen LogP contribution >= 0.6 is 15.9 Å². The molecule has 2 aromatic carbocycles. The van der Waals surface area contributed by atoms with Crippen LogP contribution in [-0.4, -0.2) is 18.4 Å². The molecule has 120 valence electrons. The number of hydrogen-bond acceptors (Lipinski definition) is 3. The van der Waals surface area contributed by atoms with Crippen molar-refractivity contribution in [1.29, 1.82) is 0 Å². The molecule has 0 atom stereocenters. The average Bonchev–Trinajstić information content (AvgIpc) is 2.54. The number of halogens is 1. The van der Waals surface area contributed by atoms with Crippen LogP contribution in [0.25, 0.3) is 0 Å². The van der Waals surface area contributed by atoms with Gasteiger partial charge in [0.2, 0.25) is 0 Å². The second-order valence-electron chi connectivity index (χ2n) is 5.23. The number of carbonyl (C=O) groups excluding carboxylic acids is 2. The molecule has 3 nitrogen and oxygen atoms in total. The number of ketones is 1. The molecular formula is C19H19BrO3. The van der Waals surface area contributed by atoms with E-state index in [4.69, 9.17) is 4.74 Å². The first-order chi connectivity index (χ1) is 11.1. The molecule has 2 aromatic rings. The van der Waals surface area contributed by atoms with Crippen molar-refractivity contribution in [2.24, 2.45) is 0 Å². The zero-order valence-corrected chi connectivity index (χ0v) is 14.6. The first-order valence-corrected chi connectivity index (χ1v) is 8.40. The highest BCUT2D eigenvalue weighted by Crippen LogP contribution is 2.15. The number of benzene rings is 2. The molecule has 0 radical (unpaired) electrons. The van der Waals surface area contributed by atoms with Crippen LogP contribution < -0.4 is 0 Å². The molecular weight excluding hydrogens is 356 g/mol. The van der Waals surface area contributed by atoms with Crippen molar-refractivity contribution < 1.29 is 14.3 Å². The third-order valence-electron chi connectivity index (χ3n) is 3.45. The minimum atomic E-state index is -0.192. The van der Waals surface area contributed by atoms with Gasteiger partial charge in [0, 0.05) is 22.9 Å². The van der Waals surface area contributed by atoms with E-state index in [1.165, 1.54) is 0 Å². The van der Waals surface area contributed by atoms with Gasteiger partial charge in [-0.2, -0.15) is 0 Å². The van der Waals surface area contributed by atoms with Crippen molar-refractivity contribution >= 4 is 27.7 Å². The molecule has 23 heavy (non-hydrogen) atoms. The van der Waals surface area contributed by atoms with Gasteiger partial charge in [0.15, 0.2) is 5.78 Å². The molecule has 0 saturated carbocycles. The summed E-state index contributed by atoms with van der Waals surface area (Å²) >= 11 is 3.41. The van der Waals surface area contributed by atoms with Gasteiger partial charge in [-0.1, -0.05) is 52.3 Å². The predicted octanol–water partition coefficient (Wildman–Crippen LogP) is 4.37. The molecule has 4 heteroatoms. The van der Waals surface area contributed by atoms with Crippen LogP contribution in [0.3, 0.4) is 0 Å². The standard InChI is InChI=1S/C19H19BrO3/c1-2-23-19(22)11-8-14-6-9-16(10-7-14)18(21)13-15-4-3-5-17(20)12-15/h3-7,9-10,12H,2,8,11,13H2,1H3. The number of hydrogen-bond donors (Lipinski definition) is 0. The van der Waals surface area contributed by atoms with E-state index >= 15 is 0 Å². The van der Waals surface area contributed by atoms with Crippen LogP contribution in [0.4, 0.5) is 0 Å². The minimum absolute atomic E-state index is 0.0834. The van der Waals surface area contributed by atoms with Crippen LogP contribution in [0.5, 0.6) is 0 Å². The van der Waals surface area contributed by atoms with Crippen molar-refractivity contribution in [3.63, 3.8) is 0 Å². The Balaban J connectivity index is 1.93. The molecule has 2 rings (SSSR count). The van der Waals surface area contributed by atoms with Crippen LogP contribution in [0.1, 0.15) is 34.8 Å². The second kappa shape index (κ2) is 8.63.